The van der Waals surface area contributed by atoms with E-state index in [0.29, 0.717) is 12.3 Å². The van der Waals surface area contributed by atoms with E-state index in [2.05, 4.69) is 11.1 Å². The third-order valence-electron chi connectivity index (χ3n) is 3.36. The van der Waals surface area contributed by atoms with Gasteiger partial charge in [-0.2, -0.15) is 0 Å². The maximum atomic E-state index is 10.9. The van der Waals surface area contributed by atoms with Crippen LogP contribution in [0.5, 0.6) is 0 Å². The van der Waals surface area contributed by atoms with Crippen LogP contribution in [0.1, 0.15) is 36.3 Å². The highest BCUT2D eigenvalue weighted by Gasteiger charge is 2.27. The summed E-state index contributed by atoms with van der Waals surface area (Å²) in [6.45, 7) is 1.74. The molecule has 2 aromatic rings. The van der Waals surface area contributed by atoms with Crippen LogP contribution in [-0.4, -0.2) is 16.1 Å². The van der Waals surface area contributed by atoms with E-state index in [0.717, 1.165) is 11.1 Å². The zero-order valence-corrected chi connectivity index (χ0v) is 11.0. The summed E-state index contributed by atoms with van der Waals surface area (Å²) >= 11 is 1.77. The zero-order valence-electron chi connectivity index (χ0n) is 10.2. The first-order valence-corrected chi connectivity index (χ1v) is 7.07. The van der Waals surface area contributed by atoms with Crippen molar-refractivity contribution in [2.45, 2.75) is 32.1 Å². The van der Waals surface area contributed by atoms with Crippen molar-refractivity contribution in [1.29, 1.82) is 0 Å². The highest BCUT2D eigenvalue weighted by Crippen LogP contribution is 2.43. The molecule has 1 aromatic heterocycles. The summed E-state index contributed by atoms with van der Waals surface area (Å²) in [7, 11) is 0. The van der Waals surface area contributed by atoms with Crippen molar-refractivity contribution in [2.24, 2.45) is 5.92 Å². The first-order valence-electron chi connectivity index (χ1n) is 6.25. The van der Waals surface area contributed by atoms with Crippen molar-refractivity contribution in [3.8, 4) is 0 Å². The summed E-state index contributed by atoms with van der Waals surface area (Å²) in [4.78, 5) is 15.5. The van der Waals surface area contributed by atoms with Gasteiger partial charge < -0.3 is 5.11 Å². The summed E-state index contributed by atoms with van der Waals surface area (Å²) in [5.41, 5.74) is 2.09. The van der Waals surface area contributed by atoms with Gasteiger partial charge in [0.25, 0.3) is 0 Å². The van der Waals surface area contributed by atoms with Crippen molar-refractivity contribution in [2.75, 3.05) is 0 Å². The predicted molar refractivity (Wildman–Crippen MR) is 72.1 cm³/mol. The zero-order chi connectivity index (χ0) is 12.7. The number of aromatic nitrogens is 1. The fourth-order valence-electron chi connectivity index (χ4n) is 2.06. The fraction of sp³-hybridized carbons (Fsp3) is 0.429. The molecule has 0 bridgehead atoms. The number of aliphatic carboxylic acids is 1. The lowest BCUT2D eigenvalue weighted by Gasteiger charge is -2.05. The molecule has 94 valence electrons. The lowest BCUT2D eigenvalue weighted by Crippen LogP contribution is -2.12. The molecule has 1 fully saturated rings. The van der Waals surface area contributed by atoms with E-state index in [1.165, 1.54) is 22.5 Å². The number of benzene rings is 1. The summed E-state index contributed by atoms with van der Waals surface area (Å²) in [5.74, 6) is -0.403. The minimum absolute atomic E-state index is 0.344. The normalized spacial score (nSPS) is 16.9. The number of carboxylic acid groups (broad SMARTS) is 1. The van der Waals surface area contributed by atoms with Gasteiger partial charge in [0.05, 0.1) is 21.1 Å². The number of hydrogen-bond donors (Lipinski definition) is 1. The standard InChI is InChI=1S/C14H15NO2S/c1-8(14(16)17)6-9-2-5-12-11(7-9)15-13(18-12)10-3-4-10/h2,5,7-8,10H,3-4,6H2,1H3,(H,16,17). The number of nitrogens with zero attached hydrogens (tertiary/aromatic N) is 1. The molecule has 1 saturated carbocycles. The molecule has 1 aliphatic carbocycles. The Balaban J connectivity index is 1.87. The minimum Gasteiger partial charge on any atom is -0.481 e. The smallest absolute Gasteiger partial charge is 0.306 e. The second-order valence-corrected chi connectivity index (χ2v) is 6.13. The van der Waals surface area contributed by atoms with E-state index in [1.54, 1.807) is 18.3 Å². The van der Waals surface area contributed by atoms with Crippen LogP contribution >= 0.6 is 11.3 Å². The third kappa shape index (κ3) is 2.25. The summed E-state index contributed by atoms with van der Waals surface area (Å²) < 4.78 is 1.21. The van der Waals surface area contributed by atoms with Crippen molar-refractivity contribution >= 4 is 27.5 Å². The van der Waals surface area contributed by atoms with Gasteiger partial charge in [0.2, 0.25) is 0 Å². The minimum atomic E-state index is -0.743. The van der Waals surface area contributed by atoms with Gasteiger partial charge in [0, 0.05) is 5.92 Å². The maximum absolute atomic E-state index is 10.9. The topological polar surface area (TPSA) is 50.2 Å². The van der Waals surface area contributed by atoms with Gasteiger partial charge in [-0.15, -0.1) is 11.3 Å². The van der Waals surface area contributed by atoms with Crippen molar-refractivity contribution in [1.82, 2.24) is 4.98 Å². The predicted octanol–water partition coefficient (Wildman–Crippen LogP) is 3.44. The van der Waals surface area contributed by atoms with Crippen LogP contribution in [0.15, 0.2) is 18.2 Å². The van der Waals surface area contributed by atoms with Gasteiger partial charge in [0.1, 0.15) is 0 Å². The van der Waals surface area contributed by atoms with Crippen molar-refractivity contribution < 1.29 is 9.90 Å². The Morgan fingerprint density at radius 3 is 3.00 bits per heavy atom. The fourth-order valence-corrected chi connectivity index (χ4v) is 3.18. The molecule has 0 spiro atoms. The van der Waals surface area contributed by atoms with Crippen LogP contribution in [0.2, 0.25) is 0 Å². The Morgan fingerprint density at radius 2 is 2.33 bits per heavy atom. The number of carboxylic acids is 1. The summed E-state index contributed by atoms with van der Waals surface area (Å²) in [5, 5.41) is 10.2. The quantitative estimate of drug-likeness (QED) is 0.917. The average molecular weight is 261 g/mol. The van der Waals surface area contributed by atoms with E-state index < -0.39 is 5.97 Å². The lowest BCUT2D eigenvalue weighted by molar-refractivity contribution is -0.141. The number of thiazole rings is 1. The van der Waals surface area contributed by atoms with E-state index in [4.69, 9.17) is 5.11 Å². The number of rotatable bonds is 4. The number of carbonyl (C=O) groups is 1. The highest BCUT2D eigenvalue weighted by molar-refractivity contribution is 7.18. The first kappa shape index (κ1) is 11.7. The molecule has 1 N–H and O–H groups in total. The Kier molecular flexibility index (Phi) is 2.82. The average Bonchev–Trinajstić information content (AvgIpc) is 3.09. The van der Waals surface area contributed by atoms with Gasteiger partial charge in [-0.05, 0) is 37.0 Å². The molecule has 0 amide bonds. The number of fused-ring (bicyclic) bond motifs is 1. The van der Waals surface area contributed by atoms with Gasteiger partial charge in [-0.25, -0.2) is 4.98 Å². The second kappa shape index (κ2) is 4.35. The molecule has 0 aliphatic heterocycles. The molecule has 1 atom stereocenters. The highest BCUT2D eigenvalue weighted by atomic mass is 32.1. The molecular formula is C14H15NO2S. The summed E-state index contributed by atoms with van der Waals surface area (Å²) in [6.07, 6.45) is 3.10. The Labute approximate surface area is 109 Å². The summed E-state index contributed by atoms with van der Waals surface area (Å²) in [6, 6.07) is 6.14. The molecule has 3 nitrogen and oxygen atoms in total. The molecule has 1 aliphatic rings. The molecule has 1 unspecified atom stereocenters. The van der Waals surface area contributed by atoms with Crippen LogP contribution in [-0.2, 0) is 11.2 Å². The largest absolute Gasteiger partial charge is 0.481 e. The molecule has 1 heterocycles. The molecule has 4 heteroatoms. The van der Waals surface area contributed by atoms with Crippen molar-refractivity contribution in [3.05, 3.63) is 28.8 Å². The van der Waals surface area contributed by atoms with Crippen molar-refractivity contribution in [3.63, 3.8) is 0 Å². The van der Waals surface area contributed by atoms with Gasteiger partial charge >= 0.3 is 5.97 Å². The molecule has 0 saturated heterocycles. The van der Waals surface area contributed by atoms with Crippen LogP contribution in [0, 0.1) is 5.92 Å². The Hall–Kier alpha value is -1.42. The van der Waals surface area contributed by atoms with Crippen LogP contribution < -0.4 is 0 Å². The van der Waals surface area contributed by atoms with E-state index in [1.807, 2.05) is 12.1 Å². The second-order valence-electron chi connectivity index (χ2n) is 5.07. The third-order valence-corrected chi connectivity index (χ3v) is 4.56. The Bertz CT molecular complexity index is 601. The molecule has 3 rings (SSSR count). The van der Waals surface area contributed by atoms with Crippen LogP contribution in [0.4, 0.5) is 0 Å². The van der Waals surface area contributed by atoms with E-state index in [-0.39, 0.29) is 5.92 Å². The van der Waals surface area contributed by atoms with Crippen LogP contribution in [0.25, 0.3) is 10.2 Å². The SMILES string of the molecule is CC(Cc1ccc2sc(C3CC3)nc2c1)C(=O)O. The monoisotopic (exact) mass is 261 g/mol. The molecule has 1 aromatic carbocycles. The van der Waals surface area contributed by atoms with E-state index in [9.17, 15) is 4.79 Å². The molecule has 18 heavy (non-hydrogen) atoms. The lowest BCUT2D eigenvalue weighted by atomic mass is 10.0. The number of hydrogen-bond acceptors (Lipinski definition) is 3. The molecular weight excluding hydrogens is 246 g/mol. The molecule has 0 radical (unpaired) electrons. The van der Waals surface area contributed by atoms with Crippen LogP contribution in [0.3, 0.4) is 0 Å². The maximum Gasteiger partial charge on any atom is 0.306 e. The van der Waals surface area contributed by atoms with Gasteiger partial charge in [-0.1, -0.05) is 13.0 Å². The van der Waals surface area contributed by atoms with Gasteiger partial charge in [0.15, 0.2) is 0 Å². The Morgan fingerprint density at radius 1 is 1.56 bits per heavy atom. The van der Waals surface area contributed by atoms with Gasteiger partial charge in [-0.3, -0.25) is 4.79 Å². The van der Waals surface area contributed by atoms with E-state index >= 15 is 0 Å². The first-order chi connectivity index (χ1) is 8.63.